The molecular weight excluding hydrogens is 268 g/mol. The summed E-state index contributed by atoms with van der Waals surface area (Å²) in [4.78, 5) is 8.12. The molecule has 0 saturated heterocycles. The van der Waals surface area contributed by atoms with Gasteiger partial charge in [0.25, 0.3) is 0 Å². The van der Waals surface area contributed by atoms with E-state index in [2.05, 4.69) is 25.5 Å². The fraction of sp³-hybridized carbons (Fsp3) is 0.400. The van der Waals surface area contributed by atoms with Gasteiger partial charge in [-0.3, -0.25) is 0 Å². The molecule has 96 valence electrons. The Morgan fingerprint density at radius 2 is 2.17 bits per heavy atom. The summed E-state index contributed by atoms with van der Waals surface area (Å²) in [6, 6.07) is 1.87. The molecule has 0 atom stereocenters. The Hall–Kier alpha value is -1.41. The fourth-order valence-electron chi connectivity index (χ4n) is 1.34. The normalized spacial score (nSPS) is 10.6. The van der Waals surface area contributed by atoms with Crippen LogP contribution in [0, 0.1) is 13.8 Å². The third-order valence-electron chi connectivity index (χ3n) is 2.01. The summed E-state index contributed by atoms with van der Waals surface area (Å²) in [7, 11) is 0. The summed E-state index contributed by atoms with van der Waals surface area (Å²) in [5, 5.41) is 12.2. The minimum absolute atomic E-state index is 0.296. The molecule has 2 heterocycles. The summed E-state index contributed by atoms with van der Waals surface area (Å²) in [6.45, 7) is 4.63. The molecule has 0 radical (unpaired) electrons. The molecule has 0 saturated carbocycles. The van der Waals surface area contributed by atoms with Crippen molar-refractivity contribution in [3.63, 3.8) is 0 Å². The van der Waals surface area contributed by atoms with E-state index in [0.29, 0.717) is 5.95 Å². The van der Waals surface area contributed by atoms with Gasteiger partial charge in [-0.05, 0) is 13.8 Å². The number of anilines is 2. The van der Waals surface area contributed by atoms with Gasteiger partial charge in [0.1, 0.15) is 10.8 Å². The van der Waals surface area contributed by atoms with Gasteiger partial charge >= 0.3 is 0 Å². The molecule has 2 aromatic heterocycles. The molecule has 0 amide bonds. The molecule has 0 aliphatic rings. The molecule has 18 heavy (non-hydrogen) atoms. The molecule has 0 fully saturated rings. The van der Waals surface area contributed by atoms with E-state index < -0.39 is 0 Å². The van der Waals surface area contributed by atoms with E-state index in [-0.39, 0.29) is 0 Å². The first-order valence-electron chi connectivity index (χ1n) is 5.41. The van der Waals surface area contributed by atoms with Crippen molar-refractivity contribution in [1.82, 2.24) is 20.2 Å². The van der Waals surface area contributed by atoms with Crippen LogP contribution in [0.1, 0.15) is 10.7 Å². The Morgan fingerprint density at radius 1 is 1.33 bits per heavy atom. The van der Waals surface area contributed by atoms with Crippen LogP contribution < -0.4 is 11.1 Å². The standard InChI is InChI=1S/C10H14N6S2/c1-6-5-8(14-9(11)13-6)12-3-4-17-10-16-15-7(2)18-10/h5H,3-4H2,1-2H3,(H3,11,12,13,14). The number of hydrogen-bond donors (Lipinski definition) is 2. The lowest BCUT2D eigenvalue weighted by molar-refractivity contribution is 0.983. The van der Waals surface area contributed by atoms with Crippen molar-refractivity contribution in [2.24, 2.45) is 0 Å². The molecule has 2 rings (SSSR count). The van der Waals surface area contributed by atoms with Crippen LogP contribution in [0.5, 0.6) is 0 Å². The van der Waals surface area contributed by atoms with E-state index in [1.807, 2.05) is 19.9 Å². The fourth-order valence-corrected chi connectivity index (χ4v) is 3.08. The molecule has 0 bridgehead atoms. The van der Waals surface area contributed by atoms with Gasteiger partial charge in [-0.15, -0.1) is 10.2 Å². The Bertz CT molecular complexity index is 507. The number of aryl methyl sites for hydroxylation is 2. The summed E-state index contributed by atoms with van der Waals surface area (Å²) in [6.07, 6.45) is 0. The van der Waals surface area contributed by atoms with Crippen molar-refractivity contribution in [1.29, 1.82) is 0 Å². The smallest absolute Gasteiger partial charge is 0.222 e. The summed E-state index contributed by atoms with van der Waals surface area (Å²) in [5.74, 6) is 1.95. The molecule has 0 aromatic carbocycles. The lowest BCUT2D eigenvalue weighted by Crippen LogP contribution is -2.08. The lowest BCUT2D eigenvalue weighted by Gasteiger charge is -2.05. The third kappa shape index (κ3) is 3.81. The Balaban J connectivity index is 1.78. The highest BCUT2D eigenvalue weighted by atomic mass is 32.2. The maximum absolute atomic E-state index is 5.57. The number of nitrogens with two attached hydrogens (primary N) is 1. The average molecular weight is 282 g/mol. The van der Waals surface area contributed by atoms with Gasteiger partial charge in [0.15, 0.2) is 4.34 Å². The molecule has 0 aliphatic carbocycles. The first-order valence-corrected chi connectivity index (χ1v) is 7.21. The number of hydrogen-bond acceptors (Lipinski definition) is 8. The predicted octanol–water partition coefficient (Wildman–Crippen LogP) is 1.73. The molecular formula is C10H14N6S2. The zero-order valence-corrected chi connectivity index (χ0v) is 11.8. The SMILES string of the molecule is Cc1cc(NCCSc2nnc(C)s2)nc(N)n1. The van der Waals surface area contributed by atoms with Gasteiger partial charge in [-0.2, -0.15) is 4.98 Å². The van der Waals surface area contributed by atoms with Crippen LogP contribution in [0.4, 0.5) is 11.8 Å². The first-order chi connectivity index (χ1) is 8.63. The highest BCUT2D eigenvalue weighted by molar-refractivity contribution is 8.01. The number of nitrogens with one attached hydrogen (secondary N) is 1. The second kappa shape index (κ2) is 5.96. The molecule has 8 heteroatoms. The van der Waals surface area contributed by atoms with Crippen LogP contribution in [0.2, 0.25) is 0 Å². The minimum atomic E-state index is 0.296. The highest BCUT2D eigenvalue weighted by Gasteiger charge is 2.02. The monoisotopic (exact) mass is 282 g/mol. The van der Waals surface area contributed by atoms with Gasteiger partial charge in [-0.1, -0.05) is 23.1 Å². The zero-order chi connectivity index (χ0) is 13.0. The van der Waals surface area contributed by atoms with E-state index in [4.69, 9.17) is 5.73 Å². The Morgan fingerprint density at radius 3 is 2.83 bits per heavy atom. The Kier molecular flexibility index (Phi) is 4.32. The molecule has 2 aromatic rings. The zero-order valence-electron chi connectivity index (χ0n) is 10.2. The molecule has 0 spiro atoms. The number of rotatable bonds is 5. The van der Waals surface area contributed by atoms with Crippen LogP contribution >= 0.6 is 23.1 Å². The van der Waals surface area contributed by atoms with Crippen molar-refractivity contribution >= 4 is 34.9 Å². The van der Waals surface area contributed by atoms with Crippen molar-refractivity contribution in [3.05, 3.63) is 16.8 Å². The minimum Gasteiger partial charge on any atom is -0.369 e. The van der Waals surface area contributed by atoms with Crippen LogP contribution in [-0.2, 0) is 0 Å². The quantitative estimate of drug-likeness (QED) is 0.637. The topological polar surface area (TPSA) is 89.6 Å². The third-order valence-corrected chi connectivity index (χ3v) is 3.99. The van der Waals surface area contributed by atoms with E-state index in [9.17, 15) is 0 Å². The summed E-state index contributed by atoms with van der Waals surface area (Å²) < 4.78 is 0.993. The van der Waals surface area contributed by atoms with Crippen LogP contribution in [0.15, 0.2) is 10.4 Å². The molecule has 0 aliphatic heterocycles. The van der Waals surface area contributed by atoms with E-state index in [1.165, 1.54) is 0 Å². The van der Waals surface area contributed by atoms with E-state index in [0.717, 1.165) is 33.2 Å². The Labute approximate surface area is 113 Å². The van der Waals surface area contributed by atoms with Crippen LogP contribution in [-0.4, -0.2) is 32.5 Å². The van der Waals surface area contributed by atoms with Gasteiger partial charge < -0.3 is 11.1 Å². The largest absolute Gasteiger partial charge is 0.369 e. The summed E-state index contributed by atoms with van der Waals surface area (Å²) >= 11 is 3.28. The molecule has 6 nitrogen and oxygen atoms in total. The number of aromatic nitrogens is 4. The van der Waals surface area contributed by atoms with E-state index in [1.54, 1.807) is 23.1 Å². The van der Waals surface area contributed by atoms with Crippen molar-refractivity contribution in [2.75, 3.05) is 23.3 Å². The van der Waals surface area contributed by atoms with Crippen LogP contribution in [0.25, 0.3) is 0 Å². The van der Waals surface area contributed by atoms with Gasteiger partial charge in [-0.25, -0.2) is 4.98 Å². The second-order valence-corrected chi connectivity index (χ2v) is 6.14. The maximum atomic E-state index is 5.57. The predicted molar refractivity (Wildman–Crippen MR) is 75.0 cm³/mol. The van der Waals surface area contributed by atoms with Crippen molar-refractivity contribution < 1.29 is 0 Å². The van der Waals surface area contributed by atoms with Crippen molar-refractivity contribution in [3.8, 4) is 0 Å². The number of thioether (sulfide) groups is 1. The second-order valence-electron chi connectivity index (χ2n) is 3.61. The van der Waals surface area contributed by atoms with E-state index >= 15 is 0 Å². The average Bonchev–Trinajstić information content (AvgIpc) is 2.69. The first kappa shape index (κ1) is 13.0. The lowest BCUT2D eigenvalue weighted by atomic mass is 10.4. The van der Waals surface area contributed by atoms with Gasteiger partial charge in [0.2, 0.25) is 5.95 Å². The van der Waals surface area contributed by atoms with Crippen LogP contribution in [0.3, 0.4) is 0 Å². The number of nitrogen functional groups attached to an aromatic ring is 1. The van der Waals surface area contributed by atoms with Crippen molar-refractivity contribution in [2.45, 2.75) is 18.2 Å². The summed E-state index contributed by atoms with van der Waals surface area (Å²) in [5.41, 5.74) is 6.43. The maximum Gasteiger partial charge on any atom is 0.222 e. The highest BCUT2D eigenvalue weighted by Crippen LogP contribution is 2.21. The van der Waals surface area contributed by atoms with Gasteiger partial charge in [0, 0.05) is 24.1 Å². The molecule has 0 unspecified atom stereocenters. The number of nitrogens with zero attached hydrogens (tertiary/aromatic N) is 4. The van der Waals surface area contributed by atoms with Gasteiger partial charge in [0.05, 0.1) is 0 Å². The molecule has 3 N–H and O–H groups in total.